The lowest BCUT2D eigenvalue weighted by Crippen LogP contribution is -2.25. The standard InChI is InChI=1S/C12H18BrNOS/c1-2-14-12(6-9-4-3-5-15-9)10-7-16-8-11(10)13/h7-9,12,14H,2-6H2,1H3. The maximum Gasteiger partial charge on any atom is 0.0594 e. The summed E-state index contributed by atoms with van der Waals surface area (Å²) in [6.45, 7) is 4.09. The van der Waals surface area contributed by atoms with Crippen molar-refractivity contribution in [2.24, 2.45) is 0 Å². The van der Waals surface area contributed by atoms with Crippen molar-refractivity contribution in [1.82, 2.24) is 5.32 Å². The summed E-state index contributed by atoms with van der Waals surface area (Å²) in [7, 11) is 0. The summed E-state index contributed by atoms with van der Waals surface area (Å²) in [6.07, 6.45) is 3.96. The SMILES string of the molecule is CCNC(CC1CCCO1)c1cscc1Br. The number of ether oxygens (including phenoxy) is 1. The molecule has 16 heavy (non-hydrogen) atoms. The van der Waals surface area contributed by atoms with Gasteiger partial charge in [-0.05, 0) is 52.7 Å². The first kappa shape index (κ1) is 12.6. The molecule has 1 saturated heterocycles. The van der Waals surface area contributed by atoms with Gasteiger partial charge in [0.25, 0.3) is 0 Å². The zero-order chi connectivity index (χ0) is 11.4. The molecule has 1 aliphatic rings. The lowest BCUT2D eigenvalue weighted by atomic mass is 10.0. The third-order valence-corrected chi connectivity index (χ3v) is 4.74. The molecule has 90 valence electrons. The van der Waals surface area contributed by atoms with E-state index in [1.807, 2.05) is 0 Å². The molecule has 4 heteroatoms. The molecule has 0 spiro atoms. The summed E-state index contributed by atoms with van der Waals surface area (Å²) in [5, 5.41) is 7.93. The van der Waals surface area contributed by atoms with E-state index in [0.717, 1.165) is 19.6 Å². The summed E-state index contributed by atoms with van der Waals surface area (Å²) in [6, 6.07) is 0.425. The lowest BCUT2D eigenvalue weighted by Gasteiger charge is -2.21. The van der Waals surface area contributed by atoms with Gasteiger partial charge in [-0.25, -0.2) is 0 Å². The van der Waals surface area contributed by atoms with Gasteiger partial charge in [-0.3, -0.25) is 0 Å². The summed E-state index contributed by atoms with van der Waals surface area (Å²) < 4.78 is 6.94. The molecule has 1 N–H and O–H groups in total. The van der Waals surface area contributed by atoms with E-state index in [0.29, 0.717) is 12.1 Å². The van der Waals surface area contributed by atoms with Crippen molar-refractivity contribution >= 4 is 27.3 Å². The molecule has 1 aromatic rings. The highest BCUT2D eigenvalue weighted by molar-refractivity contribution is 9.10. The maximum absolute atomic E-state index is 5.72. The van der Waals surface area contributed by atoms with E-state index in [1.54, 1.807) is 11.3 Å². The monoisotopic (exact) mass is 303 g/mol. The van der Waals surface area contributed by atoms with Gasteiger partial charge in [0, 0.05) is 22.5 Å². The van der Waals surface area contributed by atoms with Crippen LogP contribution in [0.2, 0.25) is 0 Å². The van der Waals surface area contributed by atoms with Gasteiger partial charge in [0.15, 0.2) is 0 Å². The second-order valence-corrected chi connectivity index (χ2v) is 5.75. The first-order valence-corrected chi connectivity index (χ1v) is 7.61. The lowest BCUT2D eigenvalue weighted by molar-refractivity contribution is 0.0947. The van der Waals surface area contributed by atoms with E-state index in [2.05, 4.69) is 38.9 Å². The molecule has 0 bridgehead atoms. The minimum absolute atomic E-state index is 0.425. The van der Waals surface area contributed by atoms with Gasteiger partial charge in [0.05, 0.1) is 6.10 Å². The van der Waals surface area contributed by atoms with Crippen LogP contribution in [0.1, 0.15) is 37.8 Å². The normalized spacial score (nSPS) is 22.5. The Hall–Kier alpha value is 0.100. The van der Waals surface area contributed by atoms with Crippen LogP contribution in [0.3, 0.4) is 0 Å². The third-order valence-electron chi connectivity index (χ3n) is 2.99. The van der Waals surface area contributed by atoms with Gasteiger partial charge in [-0.1, -0.05) is 6.92 Å². The maximum atomic E-state index is 5.72. The molecule has 2 heterocycles. The average molecular weight is 304 g/mol. The Morgan fingerprint density at radius 2 is 2.50 bits per heavy atom. The second-order valence-electron chi connectivity index (χ2n) is 4.16. The molecule has 0 radical (unpaired) electrons. The molecule has 2 rings (SSSR count). The third kappa shape index (κ3) is 3.06. The molecule has 1 aromatic heterocycles. The molecular weight excluding hydrogens is 286 g/mol. The Morgan fingerprint density at radius 1 is 1.62 bits per heavy atom. The van der Waals surface area contributed by atoms with Crippen molar-refractivity contribution in [3.63, 3.8) is 0 Å². The highest BCUT2D eigenvalue weighted by Crippen LogP contribution is 2.32. The number of hydrogen-bond acceptors (Lipinski definition) is 3. The Bertz CT molecular complexity index is 323. The highest BCUT2D eigenvalue weighted by Gasteiger charge is 2.22. The molecule has 1 fully saturated rings. The van der Waals surface area contributed by atoms with Crippen LogP contribution >= 0.6 is 27.3 Å². The van der Waals surface area contributed by atoms with Crippen LogP contribution in [0.5, 0.6) is 0 Å². The van der Waals surface area contributed by atoms with E-state index in [-0.39, 0.29) is 0 Å². The molecule has 0 saturated carbocycles. The number of rotatable bonds is 5. The first-order valence-electron chi connectivity index (χ1n) is 5.87. The minimum atomic E-state index is 0.425. The van der Waals surface area contributed by atoms with E-state index >= 15 is 0 Å². The predicted octanol–water partition coefficient (Wildman–Crippen LogP) is 3.73. The van der Waals surface area contributed by atoms with Crippen molar-refractivity contribution in [2.45, 2.75) is 38.3 Å². The molecule has 1 aliphatic heterocycles. The molecule has 2 nitrogen and oxygen atoms in total. The zero-order valence-corrected chi connectivity index (χ0v) is 11.9. The highest BCUT2D eigenvalue weighted by atomic mass is 79.9. The van der Waals surface area contributed by atoms with E-state index in [4.69, 9.17) is 4.74 Å². The number of nitrogens with one attached hydrogen (secondary N) is 1. The number of halogens is 1. The van der Waals surface area contributed by atoms with Gasteiger partial charge >= 0.3 is 0 Å². The molecular formula is C12H18BrNOS. The quantitative estimate of drug-likeness (QED) is 0.895. The molecule has 0 amide bonds. The van der Waals surface area contributed by atoms with Crippen molar-refractivity contribution in [1.29, 1.82) is 0 Å². The number of hydrogen-bond donors (Lipinski definition) is 1. The molecule has 0 aromatic carbocycles. The van der Waals surface area contributed by atoms with Crippen LogP contribution in [0, 0.1) is 0 Å². The van der Waals surface area contributed by atoms with E-state index in [9.17, 15) is 0 Å². The second kappa shape index (κ2) is 6.15. The first-order chi connectivity index (χ1) is 7.81. The van der Waals surface area contributed by atoms with E-state index in [1.165, 1.54) is 22.9 Å². The molecule has 2 unspecified atom stereocenters. The fourth-order valence-corrected chi connectivity index (χ4v) is 3.83. The topological polar surface area (TPSA) is 21.3 Å². The Balaban J connectivity index is 2.01. The van der Waals surface area contributed by atoms with Crippen molar-refractivity contribution in [3.8, 4) is 0 Å². The zero-order valence-electron chi connectivity index (χ0n) is 9.54. The smallest absolute Gasteiger partial charge is 0.0594 e. The molecule has 2 atom stereocenters. The summed E-state index contributed by atoms with van der Waals surface area (Å²) in [5.41, 5.74) is 1.38. The van der Waals surface area contributed by atoms with Gasteiger partial charge in [0.1, 0.15) is 0 Å². The van der Waals surface area contributed by atoms with Crippen LogP contribution in [0.4, 0.5) is 0 Å². The molecule has 0 aliphatic carbocycles. The minimum Gasteiger partial charge on any atom is -0.378 e. The van der Waals surface area contributed by atoms with Gasteiger partial charge in [-0.15, -0.1) is 0 Å². The Kier molecular flexibility index (Phi) is 4.82. The Morgan fingerprint density at radius 3 is 3.06 bits per heavy atom. The predicted molar refractivity (Wildman–Crippen MR) is 72.0 cm³/mol. The van der Waals surface area contributed by atoms with Gasteiger partial charge < -0.3 is 10.1 Å². The Labute approximate surface area is 110 Å². The number of thiophene rings is 1. The van der Waals surface area contributed by atoms with E-state index < -0.39 is 0 Å². The van der Waals surface area contributed by atoms with Gasteiger partial charge in [-0.2, -0.15) is 11.3 Å². The fraction of sp³-hybridized carbons (Fsp3) is 0.667. The summed E-state index contributed by atoms with van der Waals surface area (Å²) in [4.78, 5) is 0. The van der Waals surface area contributed by atoms with Crippen molar-refractivity contribution in [3.05, 3.63) is 20.8 Å². The summed E-state index contributed by atoms with van der Waals surface area (Å²) >= 11 is 5.37. The van der Waals surface area contributed by atoms with Crippen molar-refractivity contribution in [2.75, 3.05) is 13.2 Å². The largest absolute Gasteiger partial charge is 0.378 e. The van der Waals surface area contributed by atoms with Gasteiger partial charge in [0.2, 0.25) is 0 Å². The summed E-state index contributed by atoms with van der Waals surface area (Å²) in [5.74, 6) is 0. The van der Waals surface area contributed by atoms with Crippen LogP contribution in [-0.2, 0) is 4.74 Å². The van der Waals surface area contributed by atoms with Crippen molar-refractivity contribution < 1.29 is 4.74 Å². The van der Waals surface area contributed by atoms with Crippen LogP contribution in [-0.4, -0.2) is 19.3 Å². The van der Waals surface area contributed by atoms with Crippen LogP contribution < -0.4 is 5.32 Å². The van der Waals surface area contributed by atoms with Crippen LogP contribution in [0.15, 0.2) is 15.2 Å². The van der Waals surface area contributed by atoms with Crippen LogP contribution in [0.25, 0.3) is 0 Å². The average Bonchev–Trinajstić information content (AvgIpc) is 2.88. The fourth-order valence-electron chi connectivity index (χ4n) is 2.20.